The van der Waals surface area contributed by atoms with Gasteiger partial charge in [-0.1, -0.05) is 31.6 Å². The van der Waals surface area contributed by atoms with Crippen LogP contribution in [0.1, 0.15) is 64.9 Å². The third-order valence-corrected chi connectivity index (χ3v) is 9.98. The van der Waals surface area contributed by atoms with Crippen LogP contribution in [0.25, 0.3) is 0 Å². The first-order chi connectivity index (χ1) is 16.7. The van der Waals surface area contributed by atoms with Crippen molar-refractivity contribution in [3.8, 4) is 0 Å². The number of aliphatic hydroxyl groups excluding tert-OH is 1. The van der Waals surface area contributed by atoms with Gasteiger partial charge in [0, 0.05) is 12.5 Å². The van der Waals surface area contributed by atoms with Gasteiger partial charge in [-0.25, -0.2) is 4.99 Å². The lowest BCUT2D eigenvalue weighted by molar-refractivity contribution is -0.143. The fourth-order valence-electron chi connectivity index (χ4n) is 8.50. The molecule has 1 aromatic carbocycles. The van der Waals surface area contributed by atoms with E-state index in [0.717, 1.165) is 49.1 Å². The van der Waals surface area contributed by atoms with Gasteiger partial charge in [0.15, 0.2) is 0 Å². The second-order valence-electron chi connectivity index (χ2n) is 11.9. The summed E-state index contributed by atoms with van der Waals surface area (Å²) in [4.78, 5) is 17.9. The molecule has 1 aromatic rings. The Labute approximate surface area is 210 Å². The van der Waals surface area contributed by atoms with E-state index >= 15 is 0 Å². The first-order valence-electron chi connectivity index (χ1n) is 13.4. The van der Waals surface area contributed by atoms with Gasteiger partial charge >= 0.3 is 0 Å². The first-order valence-corrected chi connectivity index (χ1v) is 13.4. The fraction of sp³-hybridized carbons (Fsp3) is 0.600. The molecule has 0 aliphatic heterocycles. The Bertz CT molecular complexity index is 1100. The van der Waals surface area contributed by atoms with E-state index in [2.05, 4.69) is 44.3 Å². The minimum Gasteiger partial charge on any atom is -0.404 e. The lowest BCUT2D eigenvalue weighted by Gasteiger charge is -2.60. The molecule has 4 N–H and O–H groups in total. The summed E-state index contributed by atoms with van der Waals surface area (Å²) < 4.78 is 0. The minimum atomic E-state index is -0.417. The van der Waals surface area contributed by atoms with E-state index in [1.807, 2.05) is 19.1 Å². The summed E-state index contributed by atoms with van der Waals surface area (Å²) in [6.45, 7) is 9.34. The number of nitrogens with zero attached hydrogens (tertiary/aromatic N) is 1. The van der Waals surface area contributed by atoms with Crippen molar-refractivity contribution in [2.24, 2.45) is 45.2 Å². The number of nitrogens with one attached hydrogen (secondary N) is 1. The number of hydrogen-bond donors (Lipinski definition) is 3. The molecule has 3 fully saturated rings. The van der Waals surface area contributed by atoms with Crippen LogP contribution in [0.3, 0.4) is 0 Å². The Morgan fingerprint density at radius 2 is 2.09 bits per heavy atom. The second-order valence-corrected chi connectivity index (χ2v) is 11.9. The number of aliphatic hydroxyl groups is 1. The van der Waals surface area contributed by atoms with Gasteiger partial charge in [0.05, 0.1) is 17.5 Å². The van der Waals surface area contributed by atoms with E-state index in [1.165, 1.54) is 11.1 Å². The van der Waals surface area contributed by atoms with Crippen molar-refractivity contribution in [1.82, 2.24) is 5.32 Å². The molecule has 0 radical (unpaired) electrons. The van der Waals surface area contributed by atoms with Gasteiger partial charge in [-0.05, 0) is 117 Å². The van der Waals surface area contributed by atoms with E-state index in [-0.39, 0.29) is 28.6 Å². The smallest absolute Gasteiger partial charge is 0.223 e. The van der Waals surface area contributed by atoms with Gasteiger partial charge < -0.3 is 16.2 Å². The molecule has 0 spiro atoms. The van der Waals surface area contributed by atoms with Crippen LogP contribution in [0.5, 0.6) is 0 Å². The maximum atomic E-state index is 12.9. The van der Waals surface area contributed by atoms with E-state index < -0.39 is 6.10 Å². The number of aliphatic imine (C=N–C) groups is 1. The van der Waals surface area contributed by atoms with E-state index in [1.54, 1.807) is 6.20 Å². The Balaban J connectivity index is 1.49. The number of rotatable bonds is 3. The lowest BCUT2D eigenvalue weighted by Crippen LogP contribution is -2.57. The maximum Gasteiger partial charge on any atom is 0.223 e. The van der Waals surface area contributed by atoms with E-state index in [0.29, 0.717) is 24.8 Å². The summed E-state index contributed by atoms with van der Waals surface area (Å²) in [5.74, 6) is 1.28. The highest BCUT2D eigenvalue weighted by atomic mass is 16.3. The Hall–Kier alpha value is -2.40. The van der Waals surface area contributed by atoms with Crippen molar-refractivity contribution in [2.45, 2.75) is 72.3 Å². The molecule has 4 aliphatic carbocycles. The molecular weight excluding hydrogens is 434 g/mol. The van der Waals surface area contributed by atoms with Gasteiger partial charge in [-0.2, -0.15) is 0 Å². The van der Waals surface area contributed by atoms with Crippen LogP contribution in [-0.4, -0.2) is 29.4 Å². The standard InChI is InChI=1S/C30H41N3O2/c1-5-32-28(35)24-12-11-23-22-10-9-20-14-25(33-21-8-6-7-18(2)13-21)19(17-31)15-29(20,3)27(22)26(34)16-30(23,24)4/h6-8,13-14,17,22-24,26-27,34H,5,9-12,15-16,31H2,1-4H3,(H,32,35)/t22?,23?,24?,26-,27?,29?,30?/m0/s1. The van der Waals surface area contributed by atoms with Crippen LogP contribution in [-0.2, 0) is 4.79 Å². The van der Waals surface area contributed by atoms with Gasteiger partial charge in [-0.3, -0.25) is 4.79 Å². The number of fused-ring (bicyclic) bond motifs is 5. The van der Waals surface area contributed by atoms with Crippen molar-refractivity contribution in [3.63, 3.8) is 0 Å². The van der Waals surface area contributed by atoms with Crippen LogP contribution >= 0.6 is 0 Å². The lowest BCUT2D eigenvalue weighted by atomic mass is 9.45. The predicted molar refractivity (Wildman–Crippen MR) is 141 cm³/mol. The third kappa shape index (κ3) is 3.87. The average molecular weight is 476 g/mol. The largest absolute Gasteiger partial charge is 0.404 e. The SMILES string of the molecule is CCNC(=O)C1CCC2C3CCC4=CC(=Nc5cccc(C)c5)C(=CN)CC4(C)C3[C@@H](O)CC12C. The van der Waals surface area contributed by atoms with Gasteiger partial charge in [0.25, 0.3) is 0 Å². The molecule has 0 bridgehead atoms. The van der Waals surface area contributed by atoms with Gasteiger partial charge in [-0.15, -0.1) is 0 Å². The molecule has 3 saturated carbocycles. The average Bonchev–Trinajstić information content (AvgIpc) is 3.15. The molecule has 5 nitrogen and oxygen atoms in total. The summed E-state index contributed by atoms with van der Waals surface area (Å²) in [7, 11) is 0. The number of hydrogen-bond acceptors (Lipinski definition) is 4. The summed E-state index contributed by atoms with van der Waals surface area (Å²) in [5.41, 5.74) is 11.5. The predicted octanol–water partition coefficient (Wildman–Crippen LogP) is 5.21. The molecule has 35 heavy (non-hydrogen) atoms. The quantitative estimate of drug-likeness (QED) is 0.561. The van der Waals surface area contributed by atoms with Crippen LogP contribution in [0, 0.1) is 41.4 Å². The maximum absolute atomic E-state index is 12.9. The highest BCUT2D eigenvalue weighted by molar-refractivity contribution is 6.11. The number of carbonyl (C=O) groups excluding carboxylic acids is 1. The van der Waals surface area contributed by atoms with Crippen LogP contribution in [0.15, 0.2) is 52.7 Å². The number of carbonyl (C=O) groups is 1. The van der Waals surface area contributed by atoms with Gasteiger partial charge in [0.2, 0.25) is 5.91 Å². The monoisotopic (exact) mass is 475 g/mol. The Morgan fingerprint density at radius 3 is 2.80 bits per heavy atom. The minimum absolute atomic E-state index is 0.00622. The molecule has 0 saturated heterocycles. The molecule has 1 amide bonds. The van der Waals surface area contributed by atoms with Crippen molar-refractivity contribution >= 4 is 17.3 Å². The molecule has 5 heteroatoms. The number of amides is 1. The zero-order chi connectivity index (χ0) is 25.0. The Kier molecular flexibility index (Phi) is 6.19. The molecular formula is C30H41N3O2. The molecule has 0 aromatic heterocycles. The van der Waals surface area contributed by atoms with Crippen LogP contribution in [0.4, 0.5) is 5.69 Å². The highest BCUT2D eigenvalue weighted by Crippen LogP contribution is 2.66. The summed E-state index contributed by atoms with van der Waals surface area (Å²) >= 11 is 0. The third-order valence-electron chi connectivity index (χ3n) is 9.98. The summed E-state index contributed by atoms with van der Waals surface area (Å²) in [6, 6.07) is 8.26. The molecule has 5 rings (SSSR count). The molecule has 0 heterocycles. The number of benzene rings is 1. The number of nitrogens with two attached hydrogens (primary N) is 1. The van der Waals surface area contributed by atoms with Crippen molar-refractivity contribution in [3.05, 3.63) is 53.3 Å². The van der Waals surface area contributed by atoms with Crippen molar-refractivity contribution in [1.29, 1.82) is 0 Å². The fourth-order valence-corrected chi connectivity index (χ4v) is 8.50. The number of allylic oxidation sites excluding steroid dienone is 3. The second kappa shape index (κ2) is 8.92. The summed E-state index contributed by atoms with van der Waals surface area (Å²) in [5, 5.41) is 14.8. The van der Waals surface area contributed by atoms with Crippen molar-refractivity contribution < 1.29 is 9.90 Å². The van der Waals surface area contributed by atoms with Crippen LogP contribution in [0.2, 0.25) is 0 Å². The van der Waals surface area contributed by atoms with E-state index in [4.69, 9.17) is 10.7 Å². The zero-order valence-electron chi connectivity index (χ0n) is 21.7. The molecule has 6 unspecified atom stereocenters. The van der Waals surface area contributed by atoms with E-state index in [9.17, 15) is 9.90 Å². The zero-order valence-corrected chi connectivity index (χ0v) is 21.7. The Morgan fingerprint density at radius 1 is 1.29 bits per heavy atom. The summed E-state index contributed by atoms with van der Waals surface area (Å²) in [6.07, 6.45) is 9.18. The normalized spacial score (nSPS) is 40.6. The topological polar surface area (TPSA) is 87.7 Å². The first kappa shape index (κ1) is 24.3. The van der Waals surface area contributed by atoms with Crippen molar-refractivity contribution in [2.75, 3.05) is 6.54 Å². The molecule has 7 atom stereocenters. The number of aryl methyl sites for hydroxylation is 1. The molecule has 188 valence electrons. The van der Waals surface area contributed by atoms with Crippen LogP contribution < -0.4 is 11.1 Å². The highest BCUT2D eigenvalue weighted by Gasteiger charge is 2.63. The molecule has 4 aliphatic rings. The van der Waals surface area contributed by atoms with Gasteiger partial charge in [0.1, 0.15) is 0 Å².